The molecule has 5 heterocycles. The number of aromatic hydroxyl groups is 1. The summed E-state index contributed by atoms with van der Waals surface area (Å²) in [5.41, 5.74) is 6.42. The van der Waals surface area contributed by atoms with Gasteiger partial charge in [-0.2, -0.15) is 0 Å². The van der Waals surface area contributed by atoms with Gasteiger partial charge in [-0.1, -0.05) is 111 Å². The van der Waals surface area contributed by atoms with Crippen LogP contribution in [0.2, 0.25) is 0 Å². The summed E-state index contributed by atoms with van der Waals surface area (Å²) in [4.78, 5) is 84.5. The third kappa shape index (κ3) is 21.6. The minimum atomic E-state index is -0.498. The van der Waals surface area contributed by atoms with E-state index >= 15 is 0 Å². The van der Waals surface area contributed by atoms with E-state index in [4.69, 9.17) is 38.8 Å². The highest BCUT2D eigenvalue weighted by molar-refractivity contribution is 6.07. The number of amides is 4. The summed E-state index contributed by atoms with van der Waals surface area (Å²) in [5.74, 6) is 2.39. The van der Waals surface area contributed by atoms with Crippen molar-refractivity contribution in [1.82, 2.24) is 35.7 Å². The molecule has 4 amide bonds. The number of benzene rings is 6. The molecule has 0 atom stereocenters. The van der Waals surface area contributed by atoms with Crippen LogP contribution in [0.1, 0.15) is 173 Å². The standard InChI is InChI=1S/C31H37N3O4.C26H29N3O2.C17H23NO4.C7H6O2/c1-31(2,3)38-30(36)34-18-16-24(17-19-34)37-25-12-6-9-22(20-25)27-15-14-21-8-7-13-26(28(21)33-27)29(35)32-23-10-4-5-11-23;30-26(28-20-7-1-2-8-20)23-10-4-5-18-11-12-24(29-25(18)23)19-6-3-9-22(17-19)31-21-13-15-27-16-14-21;1-17(2,3)22-16(20)18-9-7-14(8-10-18)21-15-6-4-5-13(11-15)12-19;8-5-6-2-1-3-7(9)4-6/h6-9,12-15,20,23-24H,4-5,10-11,16-19H2,1-3H3,(H,32,35);3-6,9-12,17,20-21,27H,1-2,7-8,13-16H2,(H,28,30);4-6,11-12,14H,7-10H2,1-3H3;1-5,9H. The predicted molar refractivity (Wildman–Crippen MR) is 389 cm³/mol. The first-order valence-electron chi connectivity index (χ1n) is 35.3. The van der Waals surface area contributed by atoms with Gasteiger partial charge in [-0.15, -0.1) is 0 Å². The lowest BCUT2D eigenvalue weighted by atomic mass is 10.1. The van der Waals surface area contributed by atoms with Crippen molar-refractivity contribution in [3.63, 3.8) is 0 Å². The molecule has 3 aliphatic heterocycles. The summed E-state index contributed by atoms with van der Waals surface area (Å²) in [6.45, 7) is 15.7. The third-order valence-corrected chi connectivity index (χ3v) is 18.0. The number of nitrogens with zero attached hydrogens (tertiary/aromatic N) is 4. The number of phenols is 1. The number of ether oxygens (including phenoxy) is 5. The molecular formula is C81H95N7O12. The Labute approximate surface area is 586 Å². The van der Waals surface area contributed by atoms with E-state index in [1.54, 1.807) is 40.1 Å². The molecule has 2 saturated carbocycles. The van der Waals surface area contributed by atoms with Gasteiger partial charge in [-0.25, -0.2) is 19.6 Å². The van der Waals surface area contributed by atoms with Crippen LogP contribution in [0.4, 0.5) is 9.59 Å². The number of aromatic nitrogens is 2. The molecule has 13 rings (SSSR count). The van der Waals surface area contributed by atoms with Gasteiger partial charge in [0.05, 0.1) is 33.5 Å². The number of para-hydroxylation sites is 2. The average Bonchev–Trinajstić information content (AvgIpc) is 0.893. The lowest BCUT2D eigenvalue weighted by Gasteiger charge is -2.33. The fraction of sp³-hybridized carbons (Fsp3) is 0.407. The highest BCUT2D eigenvalue weighted by Gasteiger charge is 2.30. The Bertz CT molecular complexity index is 4080. The first-order valence-corrected chi connectivity index (χ1v) is 35.3. The summed E-state index contributed by atoms with van der Waals surface area (Å²) in [6.07, 6.45) is 15.3. The average molecular weight is 1360 g/mol. The Hall–Kier alpha value is -9.88. The van der Waals surface area contributed by atoms with Crippen molar-refractivity contribution in [3.8, 4) is 45.5 Å². The normalized spacial score (nSPS) is 16.3. The minimum absolute atomic E-state index is 0.0230. The van der Waals surface area contributed by atoms with Gasteiger partial charge in [-0.3, -0.25) is 19.2 Å². The number of rotatable bonds is 14. The number of nitrogens with one attached hydrogen (secondary N) is 3. The van der Waals surface area contributed by atoms with Gasteiger partial charge in [0.2, 0.25) is 0 Å². The molecule has 526 valence electrons. The van der Waals surface area contributed by atoms with E-state index < -0.39 is 11.2 Å². The Morgan fingerprint density at radius 2 is 0.840 bits per heavy atom. The summed E-state index contributed by atoms with van der Waals surface area (Å²) in [7, 11) is 0. The Morgan fingerprint density at radius 1 is 0.460 bits per heavy atom. The number of piperidine rings is 3. The predicted octanol–water partition coefficient (Wildman–Crippen LogP) is 15.5. The molecule has 0 radical (unpaired) electrons. The van der Waals surface area contributed by atoms with Gasteiger partial charge in [-0.05, 0) is 166 Å². The molecule has 2 aromatic heterocycles. The Kier molecular flexibility index (Phi) is 25.3. The van der Waals surface area contributed by atoms with Crippen LogP contribution in [0.3, 0.4) is 0 Å². The lowest BCUT2D eigenvalue weighted by Crippen LogP contribution is -2.44. The van der Waals surface area contributed by atoms with E-state index in [1.165, 1.54) is 37.8 Å². The van der Waals surface area contributed by atoms with Crippen LogP contribution in [-0.2, 0) is 9.47 Å². The van der Waals surface area contributed by atoms with E-state index in [-0.39, 0.29) is 60.1 Å². The topological polar surface area (TPSA) is 237 Å². The van der Waals surface area contributed by atoms with Crippen molar-refractivity contribution in [2.45, 2.75) is 173 Å². The molecule has 19 nitrogen and oxygen atoms in total. The number of hydrogen-bond donors (Lipinski definition) is 4. The fourth-order valence-corrected chi connectivity index (χ4v) is 12.8. The number of carbonyl (C=O) groups excluding carboxylic acids is 6. The maximum Gasteiger partial charge on any atom is 0.410 e. The molecule has 0 spiro atoms. The Morgan fingerprint density at radius 3 is 1.24 bits per heavy atom. The number of aldehydes is 2. The van der Waals surface area contributed by atoms with Gasteiger partial charge in [0.25, 0.3) is 11.8 Å². The van der Waals surface area contributed by atoms with E-state index in [1.807, 2.05) is 151 Å². The molecule has 6 aromatic carbocycles. The van der Waals surface area contributed by atoms with Crippen LogP contribution in [0, 0.1) is 0 Å². The molecule has 0 unspecified atom stereocenters. The zero-order chi connectivity index (χ0) is 70.6. The molecule has 8 aromatic rings. The van der Waals surface area contributed by atoms with Crippen LogP contribution in [0.15, 0.2) is 158 Å². The van der Waals surface area contributed by atoms with E-state index in [0.717, 1.165) is 134 Å². The van der Waals surface area contributed by atoms with Crippen LogP contribution in [0.25, 0.3) is 44.3 Å². The number of fused-ring (bicyclic) bond motifs is 2. The van der Waals surface area contributed by atoms with E-state index in [9.17, 15) is 28.8 Å². The maximum absolute atomic E-state index is 13.1. The van der Waals surface area contributed by atoms with Crippen LogP contribution in [0.5, 0.6) is 23.0 Å². The number of hydrogen-bond acceptors (Lipinski definition) is 15. The van der Waals surface area contributed by atoms with Crippen molar-refractivity contribution < 1.29 is 57.6 Å². The van der Waals surface area contributed by atoms with Crippen molar-refractivity contribution in [1.29, 1.82) is 0 Å². The summed E-state index contributed by atoms with van der Waals surface area (Å²) < 4.78 is 29.3. The minimum Gasteiger partial charge on any atom is -0.508 e. The molecule has 100 heavy (non-hydrogen) atoms. The monoisotopic (exact) mass is 1360 g/mol. The van der Waals surface area contributed by atoms with E-state index in [2.05, 4.69) is 22.0 Å². The fourth-order valence-electron chi connectivity index (χ4n) is 12.8. The van der Waals surface area contributed by atoms with Crippen molar-refractivity contribution in [3.05, 3.63) is 180 Å². The van der Waals surface area contributed by atoms with Crippen LogP contribution in [-0.4, -0.2) is 142 Å². The molecule has 2 aliphatic carbocycles. The van der Waals surface area contributed by atoms with Gasteiger partial charge in [0, 0.05) is 97.0 Å². The summed E-state index contributed by atoms with van der Waals surface area (Å²) in [6, 6.07) is 49.5. The molecule has 5 aliphatic rings. The van der Waals surface area contributed by atoms with Gasteiger partial charge < -0.3 is 54.5 Å². The largest absolute Gasteiger partial charge is 0.508 e. The molecular weight excluding hydrogens is 1260 g/mol. The summed E-state index contributed by atoms with van der Waals surface area (Å²) >= 11 is 0. The molecule has 19 heteroatoms. The molecule has 0 bridgehead atoms. The maximum atomic E-state index is 13.1. The second kappa shape index (κ2) is 34.7. The number of phenolic OH excluding ortho intramolecular Hbond substituents is 1. The second-order valence-corrected chi connectivity index (χ2v) is 28.2. The highest BCUT2D eigenvalue weighted by atomic mass is 16.6. The van der Waals surface area contributed by atoms with Crippen LogP contribution < -0.4 is 30.2 Å². The van der Waals surface area contributed by atoms with Gasteiger partial charge >= 0.3 is 12.2 Å². The summed E-state index contributed by atoms with van der Waals surface area (Å²) in [5, 5.41) is 20.5. The smallest absolute Gasteiger partial charge is 0.410 e. The lowest BCUT2D eigenvalue weighted by molar-refractivity contribution is 0.0115. The van der Waals surface area contributed by atoms with Crippen LogP contribution >= 0.6 is 0 Å². The van der Waals surface area contributed by atoms with Crippen molar-refractivity contribution in [2.24, 2.45) is 0 Å². The quantitative estimate of drug-likeness (QED) is 0.0741. The number of likely N-dealkylation sites (tertiary alicyclic amines) is 2. The number of pyridine rings is 2. The van der Waals surface area contributed by atoms with Crippen molar-refractivity contribution in [2.75, 3.05) is 39.3 Å². The molecule has 4 N–H and O–H groups in total. The first-order chi connectivity index (χ1) is 48.2. The first kappa shape index (κ1) is 72.9. The SMILES string of the molecule is CC(C)(C)OC(=O)N1CCC(Oc2cccc(-c3ccc4cccc(C(=O)NC5CCCC5)c4n3)c2)CC1.CC(C)(C)OC(=O)N1CCC(Oc2cccc(C=O)c2)CC1.O=C(NC1CCCC1)c1cccc2ccc(-c3cccc(OC4CCNCC4)c3)nc12.O=Cc1cccc(O)c1. The number of carbonyl (C=O) groups is 6. The zero-order valence-corrected chi connectivity index (χ0v) is 58.4. The highest BCUT2D eigenvalue weighted by Crippen LogP contribution is 2.32. The molecule has 3 saturated heterocycles. The third-order valence-electron chi connectivity index (χ3n) is 18.0. The zero-order valence-electron chi connectivity index (χ0n) is 58.4. The molecule has 5 fully saturated rings. The van der Waals surface area contributed by atoms with Gasteiger partial charge in [0.15, 0.2) is 0 Å². The van der Waals surface area contributed by atoms with Gasteiger partial charge in [0.1, 0.15) is 65.1 Å². The Balaban J connectivity index is 0.000000156. The van der Waals surface area contributed by atoms with E-state index in [0.29, 0.717) is 66.0 Å². The van der Waals surface area contributed by atoms with Crippen molar-refractivity contribution >= 4 is 58.4 Å². The second-order valence-electron chi connectivity index (χ2n) is 28.2.